The van der Waals surface area contributed by atoms with Crippen molar-refractivity contribution in [3.8, 4) is 11.5 Å². The van der Waals surface area contributed by atoms with E-state index in [1.54, 1.807) is 0 Å². The highest BCUT2D eigenvalue weighted by molar-refractivity contribution is 5.94. The van der Waals surface area contributed by atoms with Crippen molar-refractivity contribution in [3.05, 3.63) is 23.8 Å². The molecule has 1 aromatic carbocycles. The quantitative estimate of drug-likeness (QED) is 0.855. The third-order valence-electron chi connectivity index (χ3n) is 2.83. The van der Waals surface area contributed by atoms with Gasteiger partial charge in [0, 0.05) is 0 Å². The highest BCUT2D eigenvalue weighted by Gasteiger charge is 2.29. The van der Waals surface area contributed by atoms with Crippen LogP contribution in [0.1, 0.15) is 10.4 Å². The normalized spacial score (nSPS) is 13.8. The van der Waals surface area contributed by atoms with Gasteiger partial charge in [0.15, 0.2) is 18.1 Å². The first-order chi connectivity index (χ1) is 10.0. The Bertz CT molecular complexity index is 584. The number of para-hydroxylation sites is 1. The summed E-state index contributed by atoms with van der Waals surface area (Å²) in [6.07, 6.45) is -0.734. The minimum absolute atomic E-state index is 0.0617. The molecule has 112 valence electrons. The molecule has 1 saturated heterocycles. The predicted molar refractivity (Wildman–Crippen MR) is 68.5 cm³/mol. The van der Waals surface area contributed by atoms with Gasteiger partial charge < -0.3 is 19.3 Å². The van der Waals surface area contributed by atoms with Crippen LogP contribution in [0.2, 0.25) is 0 Å². The Morgan fingerprint density at radius 2 is 2.19 bits per heavy atom. The van der Waals surface area contributed by atoms with Gasteiger partial charge in [-0.1, -0.05) is 6.07 Å². The maximum atomic E-state index is 11.8. The molecule has 0 bridgehead atoms. The lowest BCUT2D eigenvalue weighted by Crippen LogP contribution is -2.35. The number of carbonyl (C=O) groups excluding carboxylic acids is 2. The van der Waals surface area contributed by atoms with Gasteiger partial charge in [-0.25, -0.2) is 14.5 Å². The first-order valence-electron chi connectivity index (χ1n) is 6.04. The van der Waals surface area contributed by atoms with E-state index in [-0.39, 0.29) is 30.2 Å². The molecule has 21 heavy (non-hydrogen) atoms. The van der Waals surface area contributed by atoms with E-state index in [9.17, 15) is 14.4 Å². The molecule has 1 fully saturated rings. The summed E-state index contributed by atoms with van der Waals surface area (Å²) in [6, 6.07) is 4.33. The van der Waals surface area contributed by atoms with Gasteiger partial charge in [0.25, 0.3) is 5.91 Å². The number of rotatable bonds is 5. The van der Waals surface area contributed by atoms with E-state index in [0.717, 1.165) is 4.90 Å². The van der Waals surface area contributed by atoms with Crippen LogP contribution in [0, 0.1) is 0 Å². The van der Waals surface area contributed by atoms with E-state index in [2.05, 4.69) is 4.74 Å². The lowest BCUT2D eigenvalue weighted by molar-refractivity contribution is -0.129. The monoisotopic (exact) mass is 295 g/mol. The highest BCUT2D eigenvalue weighted by Crippen LogP contribution is 2.31. The van der Waals surface area contributed by atoms with Gasteiger partial charge >= 0.3 is 12.1 Å². The third-order valence-corrected chi connectivity index (χ3v) is 2.83. The minimum atomic E-state index is -1.21. The molecule has 1 aliphatic heterocycles. The number of aromatic carboxylic acids is 1. The molecule has 0 atom stereocenters. The number of nitrogens with zero attached hydrogens (tertiary/aromatic N) is 1. The van der Waals surface area contributed by atoms with Gasteiger partial charge in [0.05, 0.1) is 13.7 Å². The van der Waals surface area contributed by atoms with Crippen LogP contribution in [0.4, 0.5) is 4.79 Å². The van der Waals surface area contributed by atoms with Gasteiger partial charge in [0.1, 0.15) is 12.2 Å². The van der Waals surface area contributed by atoms with Crippen molar-refractivity contribution in [2.24, 2.45) is 0 Å². The third kappa shape index (κ3) is 3.04. The number of amides is 2. The Morgan fingerprint density at radius 1 is 1.43 bits per heavy atom. The zero-order valence-electron chi connectivity index (χ0n) is 11.2. The lowest BCUT2D eigenvalue weighted by Gasteiger charge is -2.15. The standard InChI is InChI=1S/C13H13NO7/c1-19-9-4-2-3-8(12(16)17)11(9)21-7-10(15)14-5-6-20-13(14)18/h2-4H,5-7H2,1H3,(H,16,17). The molecule has 2 amide bonds. The number of carbonyl (C=O) groups is 3. The summed E-state index contributed by atoms with van der Waals surface area (Å²) in [4.78, 5) is 35.1. The fourth-order valence-electron chi connectivity index (χ4n) is 1.83. The van der Waals surface area contributed by atoms with Crippen LogP contribution >= 0.6 is 0 Å². The zero-order chi connectivity index (χ0) is 15.4. The van der Waals surface area contributed by atoms with Gasteiger partial charge in [-0.3, -0.25) is 4.79 Å². The first-order valence-corrected chi connectivity index (χ1v) is 6.04. The molecular weight excluding hydrogens is 282 g/mol. The summed E-state index contributed by atoms with van der Waals surface area (Å²) in [5, 5.41) is 9.10. The number of hydrogen-bond donors (Lipinski definition) is 1. The lowest BCUT2D eigenvalue weighted by atomic mass is 10.2. The number of imide groups is 1. The van der Waals surface area contributed by atoms with Gasteiger partial charge in [-0.2, -0.15) is 0 Å². The summed E-state index contributed by atoms with van der Waals surface area (Å²) < 4.78 is 14.9. The summed E-state index contributed by atoms with van der Waals surface area (Å²) in [7, 11) is 1.35. The molecule has 2 rings (SSSR count). The van der Waals surface area contributed by atoms with E-state index in [0.29, 0.717) is 0 Å². The number of carboxylic acids is 1. The van der Waals surface area contributed by atoms with Crippen LogP contribution in [0.5, 0.6) is 11.5 Å². The maximum Gasteiger partial charge on any atom is 0.416 e. The van der Waals surface area contributed by atoms with Crippen molar-refractivity contribution in [1.29, 1.82) is 0 Å². The van der Waals surface area contributed by atoms with Crippen molar-refractivity contribution < 1.29 is 33.7 Å². The van der Waals surface area contributed by atoms with Crippen LogP contribution < -0.4 is 9.47 Å². The molecule has 0 unspecified atom stereocenters. The van der Waals surface area contributed by atoms with E-state index in [1.807, 2.05) is 0 Å². The van der Waals surface area contributed by atoms with Crippen LogP contribution in [-0.4, -0.2) is 54.8 Å². The Balaban J connectivity index is 2.14. The number of carboxylic acid groups (broad SMARTS) is 1. The molecule has 1 aromatic rings. The largest absolute Gasteiger partial charge is 0.493 e. The van der Waals surface area contributed by atoms with Crippen molar-refractivity contribution in [1.82, 2.24) is 4.90 Å². The molecule has 1 aliphatic rings. The number of cyclic esters (lactones) is 1. The average Bonchev–Trinajstić information content (AvgIpc) is 2.90. The van der Waals surface area contributed by atoms with Crippen LogP contribution in [-0.2, 0) is 9.53 Å². The average molecular weight is 295 g/mol. The number of methoxy groups -OCH3 is 1. The number of benzene rings is 1. The molecule has 0 aromatic heterocycles. The van der Waals surface area contributed by atoms with Crippen molar-refractivity contribution in [2.75, 3.05) is 26.9 Å². The van der Waals surface area contributed by atoms with E-state index in [4.69, 9.17) is 14.6 Å². The molecule has 1 N–H and O–H groups in total. The number of ether oxygens (including phenoxy) is 3. The second-order valence-electron chi connectivity index (χ2n) is 4.09. The van der Waals surface area contributed by atoms with Gasteiger partial charge in [0.2, 0.25) is 0 Å². The Hall–Kier alpha value is -2.77. The van der Waals surface area contributed by atoms with Crippen LogP contribution in [0.15, 0.2) is 18.2 Å². The SMILES string of the molecule is COc1cccc(C(=O)O)c1OCC(=O)N1CCOC1=O. The Morgan fingerprint density at radius 3 is 2.76 bits per heavy atom. The molecule has 0 saturated carbocycles. The second kappa shape index (κ2) is 6.12. The molecule has 8 heteroatoms. The number of hydrogen-bond acceptors (Lipinski definition) is 6. The van der Waals surface area contributed by atoms with Gasteiger partial charge in [-0.15, -0.1) is 0 Å². The van der Waals surface area contributed by atoms with E-state index < -0.39 is 24.6 Å². The van der Waals surface area contributed by atoms with Crippen molar-refractivity contribution in [2.45, 2.75) is 0 Å². The summed E-state index contributed by atoms with van der Waals surface area (Å²) in [5.74, 6) is -1.70. The highest BCUT2D eigenvalue weighted by atomic mass is 16.6. The Kier molecular flexibility index (Phi) is 4.27. The summed E-state index contributed by atoms with van der Waals surface area (Å²) in [5.41, 5.74) is -0.133. The fraction of sp³-hybridized carbons (Fsp3) is 0.308. The molecule has 0 radical (unpaired) electrons. The van der Waals surface area contributed by atoms with Crippen LogP contribution in [0.3, 0.4) is 0 Å². The predicted octanol–water partition coefficient (Wildman–Crippen LogP) is 0.751. The maximum absolute atomic E-state index is 11.8. The molecule has 0 spiro atoms. The zero-order valence-corrected chi connectivity index (χ0v) is 11.2. The smallest absolute Gasteiger partial charge is 0.416 e. The fourth-order valence-corrected chi connectivity index (χ4v) is 1.83. The second-order valence-corrected chi connectivity index (χ2v) is 4.09. The molecule has 1 heterocycles. The molecule has 0 aliphatic carbocycles. The van der Waals surface area contributed by atoms with Crippen molar-refractivity contribution in [3.63, 3.8) is 0 Å². The van der Waals surface area contributed by atoms with Crippen LogP contribution in [0.25, 0.3) is 0 Å². The molecule has 8 nitrogen and oxygen atoms in total. The van der Waals surface area contributed by atoms with E-state index in [1.165, 1.54) is 25.3 Å². The first kappa shape index (κ1) is 14.6. The van der Waals surface area contributed by atoms with Gasteiger partial charge in [-0.05, 0) is 12.1 Å². The summed E-state index contributed by atoms with van der Waals surface area (Å²) in [6.45, 7) is -0.200. The molecular formula is C13H13NO7. The minimum Gasteiger partial charge on any atom is -0.493 e. The van der Waals surface area contributed by atoms with Crippen molar-refractivity contribution >= 4 is 18.0 Å². The Labute approximate surface area is 119 Å². The van der Waals surface area contributed by atoms with E-state index >= 15 is 0 Å². The summed E-state index contributed by atoms with van der Waals surface area (Å²) >= 11 is 0. The topological polar surface area (TPSA) is 102 Å².